The molecule has 1 aromatic carbocycles. The minimum Gasteiger partial charge on any atom is -0.505 e. The molecular weight excluding hydrogens is 257 g/mol. The van der Waals surface area contributed by atoms with E-state index in [1.165, 1.54) is 13.0 Å². The third-order valence-corrected chi connectivity index (χ3v) is 2.16. The topological polar surface area (TPSA) is 49.3 Å². The Kier molecular flexibility index (Phi) is 3.17. The van der Waals surface area contributed by atoms with Crippen LogP contribution in [0, 0.1) is 0 Å². The van der Waals surface area contributed by atoms with Crippen molar-refractivity contribution >= 4 is 39.1 Å². The van der Waals surface area contributed by atoms with Crippen molar-refractivity contribution in [2.75, 3.05) is 5.32 Å². The second-order valence-corrected chi connectivity index (χ2v) is 3.76. The highest BCUT2D eigenvalue weighted by atomic mass is 79.9. The standard InChI is InChI=1S/C8H7BrClNO2/c1-4(12)11-7-3-5(10)2-6(9)8(7)13/h2-3,13H,1H3,(H,11,12). The molecule has 0 aliphatic rings. The number of hydrogen-bond acceptors (Lipinski definition) is 2. The summed E-state index contributed by atoms with van der Waals surface area (Å²) in [6, 6.07) is 3.02. The Balaban J connectivity index is 3.12. The number of halogens is 2. The van der Waals surface area contributed by atoms with Crippen LogP contribution in [-0.4, -0.2) is 11.0 Å². The first-order chi connectivity index (χ1) is 6.00. The average molecular weight is 265 g/mol. The van der Waals surface area contributed by atoms with Crippen LogP contribution >= 0.6 is 27.5 Å². The molecule has 5 heteroatoms. The van der Waals surface area contributed by atoms with Crippen molar-refractivity contribution in [2.24, 2.45) is 0 Å². The first kappa shape index (κ1) is 10.3. The summed E-state index contributed by atoms with van der Waals surface area (Å²) in [4.78, 5) is 10.7. The molecule has 0 radical (unpaired) electrons. The third-order valence-electron chi connectivity index (χ3n) is 1.34. The maximum absolute atomic E-state index is 10.7. The fraction of sp³-hybridized carbons (Fsp3) is 0.125. The largest absolute Gasteiger partial charge is 0.505 e. The number of aromatic hydroxyl groups is 1. The Morgan fingerprint density at radius 1 is 1.62 bits per heavy atom. The van der Waals surface area contributed by atoms with Gasteiger partial charge in [-0.1, -0.05) is 11.6 Å². The van der Waals surface area contributed by atoms with Crippen molar-refractivity contribution in [3.05, 3.63) is 21.6 Å². The number of carbonyl (C=O) groups is 1. The molecule has 13 heavy (non-hydrogen) atoms. The summed E-state index contributed by atoms with van der Waals surface area (Å²) in [5, 5.41) is 12.3. The molecule has 0 unspecified atom stereocenters. The van der Waals surface area contributed by atoms with Crippen molar-refractivity contribution in [1.29, 1.82) is 0 Å². The minimum atomic E-state index is -0.260. The summed E-state index contributed by atoms with van der Waals surface area (Å²) in [5.41, 5.74) is 0.298. The van der Waals surface area contributed by atoms with Crippen LogP contribution in [0.3, 0.4) is 0 Å². The molecule has 0 aliphatic carbocycles. The number of nitrogens with one attached hydrogen (secondary N) is 1. The SMILES string of the molecule is CC(=O)Nc1cc(Cl)cc(Br)c1O. The fourth-order valence-electron chi connectivity index (χ4n) is 0.851. The van der Waals surface area contributed by atoms with Gasteiger partial charge in [-0.05, 0) is 28.1 Å². The summed E-state index contributed by atoms with van der Waals surface area (Å²) in [6.07, 6.45) is 0. The molecule has 0 heterocycles. The number of carbonyl (C=O) groups excluding carboxylic acids is 1. The number of benzene rings is 1. The Labute approximate surface area is 88.8 Å². The predicted molar refractivity (Wildman–Crippen MR) is 55.1 cm³/mol. The number of hydrogen-bond donors (Lipinski definition) is 2. The molecular formula is C8H7BrClNO2. The quantitative estimate of drug-likeness (QED) is 0.766. The molecule has 0 aromatic heterocycles. The molecule has 0 aliphatic heterocycles. The van der Waals surface area contributed by atoms with Gasteiger partial charge in [0.2, 0.25) is 5.91 Å². The molecule has 3 nitrogen and oxygen atoms in total. The lowest BCUT2D eigenvalue weighted by Gasteiger charge is -2.06. The maximum atomic E-state index is 10.7. The van der Waals surface area contributed by atoms with Crippen molar-refractivity contribution in [2.45, 2.75) is 6.92 Å². The van der Waals surface area contributed by atoms with Crippen LogP contribution < -0.4 is 5.32 Å². The van der Waals surface area contributed by atoms with Gasteiger partial charge in [0.1, 0.15) is 0 Å². The van der Waals surface area contributed by atoms with E-state index < -0.39 is 0 Å². The molecule has 0 fully saturated rings. The molecule has 0 atom stereocenters. The van der Waals surface area contributed by atoms with Crippen LogP contribution in [0.2, 0.25) is 5.02 Å². The first-order valence-electron chi connectivity index (χ1n) is 3.46. The minimum absolute atomic E-state index is 0.0281. The van der Waals surface area contributed by atoms with Gasteiger partial charge in [-0.15, -0.1) is 0 Å². The summed E-state index contributed by atoms with van der Waals surface area (Å²) in [6.45, 7) is 1.36. The third kappa shape index (κ3) is 2.60. The van der Waals surface area contributed by atoms with Crippen LogP contribution in [0.25, 0.3) is 0 Å². The van der Waals surface area contributed by atoms with Crippen LogP contribution in [0.15, 0.2) is 16.6 Å². The van der Waals surface area contributed by atoms with Gasteiger partial charge >= 0.3 is 0 Å². The maximum Gasteiger partial charge on any atom is 0.221 e. The number of phenols is 1. The van der Waals surface area contributed by atoms with Gasteiger partial charge in [0.25, 0.3) is 0 Å². The summed E-state index contributed by atoms with van der Waals surface area (Å²) in [5.74, 6) is -0.288. The highest BCUT2D eigenvalue weighted by Gasteiger charge is 2.07. The number of amides is 1. The fourth-order valence-corrected chi connectivity index (χ4v) is 1.66. The lowest BCUT2D eigenvalue weighted by atomic mass is 10.3. The van der Waals surface area contributed by atoms with Gasteiger partial charge in [0.05, 0.1) is 10.2 Å². The van der Waals surface area contributed by atoms with Crippen molar-refractivity contribution in [3.8, 4) is 5.75 Å². The van der Waals surface area contributed by atoms with Gasteiger partial charge in [-0.2, -0.15) is 0 Å². The molecule has 0 spiro atoms. The van der Waals surface area contributed by atoms with Crippen LogP contribution in [0.5, 0.6) is 5.75 Å². The van der Waals surface area contributed by atoms with E-state index in [9.17, 15) is 9.90 Å². The monoisotopic (exact) mass is 263 g/mol. The molecule has 0 bridgehead atoms. The smallest absolute Gasteiger partial charge is 0.221 e. The van der Waals surface area contributed by atoms with Crippen LogP contribution in [-0.2, 0) is 4.79 Å². The van der Waals surface area contributed by atoms with Crippen molar-refractivity contribution < 1.29 is 9.90 Å². The Bertz CT molecular complexity index is 354. The summed E-state index contributed by atoms with van der Waals surface area (Å²) >= 11 is 8.81. The van der Waals surface area contributed by atoms with Gasteiger partial charge in [-0.25, -0.2) is 0 Å². The number of anilines is 1. The predicted octanol–water partition coefficient (Wildman–Crippen LogP) is 2.77. The van der Waals surface area contributed by atoms with E-state index in [1.807, 2.05) is 0 Å². The van der Waals surface area contributed by atoms with Gasteiger partial charge in [-0.3, -0.25) is 4.79 Å². The molecule has 1 amide bonds. The van der Waals surface area contributed by atoms with Gasteiger partial charge in [0.15, 0.2) is 5.75 Å². The summed E-state index contributed by atoms with van der Waals surface area (Å²) < 4.78 is 0.448. The van der Waals surface area contributed by atoms with E-state index in [0.29, 0.717) is 15.2 Å². The van der Waals surface area contributed by atoms with E-state index in [2.05, 4.69) is 21.2 Å². The highest BCUT2D eigenvalue weighted by molar-refractivity contribution is 9.10. The molecule has 0 saturated carbocycles. The number of rotatable bonds is 1. The molecule has 1 aromatic rings. The highest BCUT2D eigenvalue weighted by Crippen LogP contribution is 2.35. The van der Waals surface area contributed by atoms with Gasteiger partial charge in [0, 0.05) is 11.9 Å². The Morgan fingerprint density at radius 2 is 2.23 bits per heavy atom. The lowest BCUT2D eigenvalue weighted by Crippen LogP contribution is -2.05. The molecule has 0 saturated heterocycles. The zero-order valence-corrected chi connectivity index (χ0v) is 9.11. The van der Waals surface area contributed by atoms with Crippen LogP contribution in [0.4, 0.5) is 5.69 Å². The van der Waals surface area contributed by atoms with Gasteiger partial charge < -0.3 is 10.4 Å². The van der Waals surface area contributed by atoms with E-state index in [-0.39, 0.29) is 11.7 Å². The van der Waals surface area contributed by atoms with Crippen LogP contribution in [0.1, 0.15) is 6.92 Å². The molecule has 70 valence electrons. The Morgan fingerprint density at radius 3 is 2.77 bits per heavy atom. The second kappa shape index (κ2) is 3.98. The van der Waals surface area contributed by atoms with E-state index in [1.54, 1.807) is 6.07 Å². The van der Waals surface area contributed by atoms with Crippen molar-refractivity contribution in [3.63, 3.8) is 0 Å². The normalized spacial score (nSPS) is 9.77. The Hall–Kier alpha value is -0.740. The zero-order chi connectivity index (χ0) is 10.0. The summed E-state index contributed by atoms with van der Waals surface area (Å²) in [7, 11) is 0. The number of phenolic OH excluding ortho intramolecular Hbond substituents is 1. The average Bonchev–Trinajstić information content (AvgIpc) is 1.98. The van der Waals surface area contributed by atoms with E-state index in [4.69, 9.17) is 11.6 Å². The lowest BCUT2D eigenvalue weighted by molar-refractivity contribution is -0.114. The van der Waals surface area contributed by atoms with E-state index in [0.717, 1.165) is 0 Å². The second-order valence-electron chi connectivity index (χ2n) is 2.46. The van der Waals surface area contributed by atoms with Crippen molar-refractivity contribution in [1.82, 2.24) is 0 Å². The zero-order valence-electron chi connectivity index (χ0n) is 6.77. The molecule has 2 N–H and O–H groups in total. The first-order valence-corrected chi connectivity index (χ1v) is 4.63. The van der Waals surface area contributed by atoms with E-state index >= 15 is 0 Å². The molecule has 1 rings (SSSR count).